The van der Waals surface area contributed by atoms with Crippen LogP contribution in [0.1, 0.15) is 17.5 Å². The summed E-state index contributed by atoms with van der Waals surface area (Å²) in [6.45, 7) is 0. The monoisotopic (exact) mass is 324 g/mol. The summed E-state index contributed by atoms with van der Waals surface area (Å²) in [5.74, 6) is 0.778. The highest BCUT2D eigenvalue weighted by atomic mass is 19.1. The van der Waals surface area contributed by atoms with Crippen molar-refractivity contribution in [2.24, 2.45) is 4.99 Å². The molecule has 0 unspecified atom stereocenters. The third-order valence-electron chi connectivity index (χ3n) is 3.73. The van der Waals surface area contributed by atoms with E-state index < -0.39 is 0 Å². The van der Waals surface area contributed by atoms with Crippen LogP contribution in [-0.2, 0) is 11.2 Å². The predicted octanol–water partition coefficient (Wildman–Crippen LogP) is 3.34. The second kappa shape index (κ2) is 7.08. The number of amides is 1. The van der Waals surface area contributed by atoms with Gasteiger partial charge in [0.1, 0.15) is 23.1 Å². The third kappa shape index (κ3) is 3.68. The molecule has 0 radical (unpaired) electrons. The first kappa shape index (κ1) is 15.9. The predicted molar refractivity (Wildman–Crippen MR) is 91.3 cm³/mol. The van der Waals surface area contributed by atoms with Crippen molar-refractivity contribution < 1.29 is 13.9 Å². The molecular formula is C19H17FN2O2. The first-order valence-electron chi connectivity index (χ1n) is 7.64. The van der Waals surface area contributed by atoms with Gasteiger partial charge in [0.2, 0.25) is 0 Å². The fourth-order valence-electron chi connectivity index (χ4n) is 2.48. The van der Waals surface area contributed by atoms with Crippen LogP contribution in [0.25, 0.3) is 6.08 Å². The first-order valence-corrected chi connectivity index (χ1v) is 7.64. The number of amidine groups is 1. The molecule has 2 aromatic carbocycles. The Kier molecular flexibility index (Phi) is 4.70. The molecule has 2 aromatic rings. The lowest BCUT2D eigenvalue weighted by atomic mass is 10.1. The first-order chi connectivity index (χ1) is 11.7. The Morgan fingerprint density at radius 3 is 2.79 bits per heavy atom. The maximum atomic E-state index is 13.6. The summed E-state index contributed by atoms with van der Waals surface area (Å²) in [4.78, 5) is 16.3. The van der Waals surface area contributed by atoms with Gasteiger partial charge in [0.15, 0.2) is 0 Å². The molecule has 1 aliphatic heterocycles. The Balaban J connectivity index is 1.73. The van der Waals surface area contributed by atoms with Crippen molar-refractivity contribution >= 4 is 17.8 Å². The van der Waals surface area contributed by atoms with Gasteiger partial charge in [-0.1, -0.05) is 30.3 Å². The number of carbonyl (C=O) groups is 1. The number of aryl methyl sites for hydroxylation is 1. The molecule has 4 nitrogen and oxygen atoms in total. The van der Waals surface area contributed by atoms with Gasteiger partial charge in [-0.2, -0.15) is 0 Å². The number of ether oxygens (including phenoxy) is 1. The van der Waals surface area contributed by atoms with Crippen molar-refractivity contribution in [3.05, 3.63) is 71.2 Å². The Morgan fingerprint density at radius 2 is 2.00 bits per heavy atom. The van der Waals surface area contributed by atoms with E-state index in [1.165, 1.54) is 6.07 Å². The van der Waals surface area contributed by atoms with Gasteiger partial charge < -0.3 is 10.1 Å². The summed E-state index contributed by atoms with van der Waals surface area (Å²) in [6, 6.07) is 14.0. The summed E-state index contributed by atoms with van der Waals surface area (Å²) in [5.41, 5.74) is 1.78. The highest BCUT2D eigenvalue weighted by Gasteiger charge is 2.19. The Hall–Kier alpha value is -2.95. The molecule has 0 bridgehead atoms. The Bertz CT molecular complexity index is 828. The molecule has 1 amide bonds. The van der Waals surface area contributed by atoms with Crippen LogP contribution in [0.4, 0.5) is 4.39 Å². The van der Waals surface area contributed by atoms with Crippen LogP contribution in [0.3, 0.4) is 0 Å². The Morgan fingerprint density at radius 1 is 1.17 bits per heavy atom. The average Bonchev–Trinajstić information content (AvgIpc) is 2.94. The van der Waals surface area contributed by atoms with Crippen molar-refractivity contribution in [1.82, 2.24) is 5.32 Å². The zero-order valence-electron chi connectivity index (χ0n) is 13.3. The van der Waals surface area contributed by atoms with Crippen LogP contribution >= 0.6 is 0 Å². The number of nitrogens with one attached hydrogen (secondary N) is 1. The molecule has 5 heteroatoms. The van der Waals surface area contributed by atoms with Gasteiger partial charge in [-0.3, -0.25) is 4.79 Å². The van der Waals surface area contributed by atoms with Gasteiger partial charge in [0, 0.05) is 6.42 Å². The second-order valence-corrected chi connectivity index (χ2v) is 5.41. The zero-order valence-corrected chi connectivity index (χ0v) is 13.3. The topological polar surface area (TPSA) is 50.7 Å². The summed E-state index contributed by atoms with van der Waals surface area (Å²) >= 11 is 0. The summed E-state index contributed by atoms with van der Waals surface area (Å²) in [6.07, 6.45) is 2.66. The molecule has 0 atom stereocenters. The van der Waals surface area contributed by atoms with Crippen molar-refractivity contribution in [2.45, 2.75) is 12.8 Å². The fourth-order valence-corrected chi connectivity index (χ4v) is 2.48. The van der Waals surface area contributed by atoms with Crippen LogP contribution in [0, 0.1) is 5.82 Å². The Labute approximate surface area is 139 Å². The van der Waals surface area contributed by atoms with Gasteiger partial charge >= 0.3 is 0 Å². The molecule has 1 N–H and O–H groups in total. The standard InChI is InChI=1S/C19H17FN2O2/c1-24-15-7-4-5-13(11-15)12-17-19(23)22-18(21-17)10-9-14-6-2-3-8-16(14)20/h2-8,11-12H,9-10H2,1H3,(H,21,22,23)/b17-12+. The largest absolute Gasteiger partial charge is 0.497 e. The van der Waals surface area contributed by atoms with Crippen LogP contribution in [0.15, 0.2) is 59.2 Å². The second-order valence-electron chi connectivity index (χ2n) is 5.41. The van der Waals surface area contributed by atoms with E-state index in [4.69, 9.17) is 4.74 Å². The smallest absolute Gasteiger partial charge is 0.275 e. The molecule has 122 valence electrons. The molecule has 0 saturated carbocycles. The van der Waals surface area contributed by atoms with E-state index >= 15 is 0 Å². The minimum Gasteiger partial charge on any atom is -0.497 e. The van der Waals surface area contributed by atoms with Crippen LogP contribution in [-0.4, -0.2) is 18.9 Å². The van der Waals surface area contributed by atoms with E-state index in [1.54, 1.807) is 31.4 Å². The molecule has 0 fully saturated rings. The van der Waals surface area contributed by atoms with Gasteiger partial charge in [-0.15, -0.1) is 0 Å². The molecular weight excluding hydrogens is 307 g/mol. The number of aliphatic imine (C=N–C) groups is 1. The lowest BCUT2D eigenvalue weighted by molar-refractivity contribution is -0.115. The number of carbonyl (C=O) groups excluding carboxylic acids is 1. The molecule has 0 aromatic heterocycles. The lowest BCUT2D eigenvalue weighted by Gasteiger charge is -2.02. The van der Waals surface area contributed by atoms with Crippen molar-refractivity contribution in [3.8, 4) is 5.75 Å². The van der Waals surface area contributed by atoms with Gasteiger partial charge in [0.25, 0.3) is 5.91 Å². The molecule has 1 aliphatic rings. The van der Waals surface area contributed by atoms with Crippen molar-refractivity contribution in [2.75, 3.05) is 7.11 Å². The van der Waals surface area contributed by atoms with Gasteiger partial charge in [-0.25, -0.2) is 9.38 Å². The molecule has 3 rings (SSSR count). The van der Waals surface area contributed by atoms with Gasteiger partial charge in [0.05, 0.1) is 7.11 Å². The summed E-state index contributed by atoms with van der Waals surface area (Å²) in [5, 5.41) is 2.73. The maximum Gasteiger partial charge on any atom is 0.275 e. The quantitative estimate of drug-likeness (QED) is 0.858. The molecule has 0 aliphatic carbocycles. The lowest BCUT2D eigenvalue weighted by Crippen LogP contribution is -2.24. The highest BCUT2D eigenvalue weighted by molar-refractivity contribution is 6.14. The van der Waals surface area contributed by atoms with Crippen LogP contribution in [0.5, 0.6) is 5.75 Å². The van der Waals surface area contributed by atoms with Crippen LogP contribution in [0.2, 0.25) is 0 Å². The van der Waals surface area contributed by atoms with E-state index in [0.717, 1.165) is 5.56 Å². The molecule has 1 heterocycles. The number of methoxy groups -OCH3 is 1. The summed E-state index contributed by atoms with van der Waals surface area (Å²) < 4.78 is 18.8. The normalized spacial score (nSPS) is 15.3. The van der Waals surface area contributed by atoms with Crippen LogP contribution < -0.4 is 10.1 Å². The SMILES string of the molecule is COc1cccc(/C=C2/N=C(CCc3ccccc3F)NC2=O)c1. The summed E-state index contributed by atoms with van der Waals surface area (Å²) in [7, 11) is 1.59. The maximum absolute atomic E-state index is 13.6. The number of halogens is 1. The van der Waals surface area contributed by atoms with Gasteiger partial charge in [-0.05, 0) is 41.8 Å². The van der Waals surface area contributed by atoms with E-state index in [9.17, 15) is 9.18 Å². The van der Waals surface area contributed by atoms with Crippen molar-refractivity contribution in [3.63, 3.8) is 0 Å². The number of benzene rings is 2. The minimum atomic E-state index is -0.249. The van der Waals surface area contributed by atoms with E-state index in [1.807, 2.05) is 24.3 Å². The third-order valence-corrected chi connectivity index (χ3v) is 3.73. The highest BCUT2D eigenvalue weighted by Crippen LogP contribution is 2.18. The van der Waals surface area contributed by atoms with E-state index in [2.05, 4.69) is 10.3 Å². The molecule has 0 saturated heterocycles. The molecule has 0 spiro atoms. The zero-order chi connectivity index (χ0) is 16.9. The van der Waals surface area contributed by atoms with E-state index in [0.29, 0.717) is 35.7 Å². The molecule has 24 heavy (non-hydrogen) atoms. The fraction of sp³-hybridized carbons (Fsp3) is 0.158. The minimum absolute atomic E-state index is 0.241. The van der Waals surface area contributed by atoms with Crippen molar-refractivity contribution in [1.29, 1.82) is 0 Å². The number of nitrogens with zero attached hydrogens (tertiary/aromatic N) is 1. The average molecular weight is 324 g/mol. The van der Waals surface area contributed by atoms with E-state index in [-0.39, 0.29) is 11.7 Å². The number of rotatable bonds is 5. The number of hydrogen-bond acceptors (Lipinski definition) is 3. The number of hydrogen-bond donors (Lipinski definition) is 1.